The zero-order chi connectivity index (χ0) is 19.1. The Bertz CT molecular complexity index is 493. The normalized spacial score (nSPS) is 27.7. The van der Waals surface area contributed by atoms with Crippen LogP contribution in [0.15, 0.2) is 0 Å². The topological polar surface area (TPSA) is 115 Å². The Morgan fingerprint density at radius 1 is 0.704 bits per heavy atom. The van der Waals surface area contributed by atoms with Crippen molar-refractivity contribution in [3.63, 3.8) is 0 Å². The first-order valence-corrected chi connectivity index (χ1v) is 9.87. The van der Waals surface area contributed by atoms with Crippen LogP contribution in [-0.4, -0.2) is 75.0 Å². The van der Waals surface area contributed by atoms with Crippen molar-refractivity contribution in [1.82, 2.24) is 16.0 Å². The van der Waals surface area contributed by atoms with E-state index in [1.807, 2.05) is 0 Å². The van der Waals surface area contributed by atoms with Crippen LogP contribution in [0.25, 0.3) is 0 Å². The molecule has 152 valence electrons. The van der Waals surface area contributed by atoms with E-state index in [1.165, 1.54) is 0 Å². The van der Waals surface area contributed by atoms with Gasteiger partial charge in [0.1, 0.15) is 31.3 Å². The first-order chi connectivity index (χ1) is 13.1. The van der Waals surface area contributed by atoms with Crippen LogP contribution in [0.4, 0.5) is 0 Å². The Labute approximate surface area is 158 Å². The summed E-state index contributed by atoms with van der Waals surface area (Å²) in [5.41, 5.74) is 0. The first-order valence-electron chi connectivity index (χ1n) is 9.87. The van der Waals surface area contributed by atoms with Crippen molar-refractivity contribution in [1.29, 1.82) is 0 Å². The van der Waals surface area contributed by atoms with E-state index in [0.29, 0.717) is 6.42 Å². The minimum Gasteiger partial charge on any atom is -0.460 e. The molecule has 3 heterocycles. The number of esters is 3. The van der Waals surface area contributed by atoms with Crippen molar-refractivity contribution in [2.24, 2.45) is 0 Å². The number of rotatable bonds is 8. The molecule has 3 aliphatic heterocycles. The number of nitrogens with one attached hydrogen (secondary N) is 3. The SMILES string of the molecule is O=C(OCC(COC(=O)[C@@H]1CCCN1)OC(=O)[C@@H]1CCCN1)[C@@H]1CCCN1. The zero-order valence-electron chi connectivity index (χ0n) is 15.5. The van der Waals surface area contributed by atoms with Crippen molar-refractivity contribution < 1.29 is 28.6 Å². The summed E-state index contributed by atoms with van der Waals surface area (Å²) in [5.74, 6) is -1.13. The standard InChI is InChI=1S/C18H29N3O6/c22-16(13-4-1-7-19-13)25-10-12(27-18(24)15-6-3-9-21-15)11-26-17(23)14-5-2-8-20-14/h12-15,19-21H,1-11H2/t13-,14-,15-/m0/s1. The fourth-order valence-corrected chi connectivity index (χ4v) is 3.57. The number of ether oxygens (including phenoxy) is 3. The van der Waals surface area contributed by atoms with Gasteiger partial charge < -0.3 is 30.2 Å². The van der Waals surface area contributed by atoms with Crippen LogP contribution in [0.5, 0.6) is 0 Å². The van der Waals surface area contributed by atoms with Gasteiger partial charge in [-0.15, -0.1) is 0 Å². The summed E-state index contributed by atoms with van der Waals surface area (Å²) in [7, 11) is 0. The fraction of sp³-hybridized carbons (Fsp3) is 0.833. The first kappa shape index (κ1) is 20.0. The highest BCUT2D eigenvalue weighted by atomic mass is 16.6. The monoisotopic (exact) mass is 383 g/mol. The third kappa shape index (κ3) is 5.88. The average Bonchev–Trinajstić information content (AvgIpc) is 3.45. The Hall–Kier alpha value is -1.71. The minimum absolute atomic E-state index is 0.124. The molecule has 0 unspecified atom stereocenters. The van der Waals surface area contributed by atoms with Gasteiger partial charge in [-0.2, -0.15) is 0 Å². The molecule has 27 heavy (non-hydrogen) atoms. The third-order valence-electron chi connectivity index (χ3n) is 5.14. The molecule has 3 rings (SSSR count). The van der Waals surface area contributed by atoms with Crippen LogP contribution in [0.3, 0.4) is 0 Å². The number of carbonyl (C=O) groups is 3. The molecule has 0 spiro atoms. The number of carbonyl (C=O) groups excluding carboxylic acids is 3. The predicted molar refractivity (Wildman–Crippen MR) is 94.9 cm³/mol. The Morgan fingerprint density at radius 3 is 1.48 bits per heavy atom. The van der Waals surface area contributed by atoms with Crippen molar-refractivity contribution in [3.8, 4) is 0 Å². The summed E-state index contributed by atoms with van der Waals surface area (Å²) in [4.78, 5) is 36.4. The molecule has 9 heteroatoms. The van der Waals surface area contributed by atoms with Crippen molar-refractivity contribution in [2.75, 3.05) is 32.8 Å². The summed E-state index contributed by atoms with van der Waals surface area (Å²) in [5, 5.41) is 9.20. The molecule has 3 saturated heterocycles. The van der Waals surface area contributed by atoms with E-state index in [1.54, 1.807) is 0 Å². The smallest absolute Gasteiger partial charge is 0.323 e. The zero-order valence-corrected chi connectivity index (χ0v) is 15.5. The highest BCUT2D eigenvalue weighted by molar-refractivity contribution is 5.77. The van der Waals surface area contributed by atoms with Gasteiger partial charge in [0.15, 0.2) is 6.10 Å². The van der Waals surface area contributed by atoms with Crippen LogP contribution in [-0.2, 0) is 28.6 Å². The number of hydrogen-bond donors (Lipinski definition) is 3. The molecule has 3 N–H and O–H groups in total. The molecule has 0 bridgehead atoms. The summed E-state index contributed by atoms with van der Waals surface area (Å²) in [6.45, 7) is 2.10. The summed E-state index contributed by atoms with van der Waals surface area (Å²) in [6.07, 6.45) is 4.14. The molecule has 0 aliphatic carbocycles. The molecule has 0 saturated carbocycles. The third-order valence-corrected chi connectivity index (χ3v) is 5.14. The van der Waals surface area contributed by atoms with Crippen LogP contribution in [0, 0.1) is 0 Å². The Kier molecular flexibility index (Phi) is 7.42. The Balaban J connectivity index is 1.49. The van der Waals surface area contributed by atoms with Gasteiger partial charge >= 0.3 is 17.9 Å². The predicted octanol–water partition coefficient (Wildman–Crippen LogP) is -0.759. The molecule has 9 nitrogen and oxygen atoms in total. The quantitative estimate of drug-likeness (QED) is 0.367. The van der Waals surface area contributed by atoms with E-state index in [0.717, 1.165) is 51.7 Å². The molecule has 3 aliphatic rings. The van der Waals surface area contributed by atoms with Gasteiger partial charge in [-0.1, -0.05) is 0 Å². The second kappa shape index (κ2) is 10.0. The summed E-state index contributed by atoms with van der Waals surface area (Å²) in [6, 6.07) is -0.988. The van der Waals surface area contributed by atoms with E-state index >= 15 is 0 Å². The van der Waals surface area contributed by atoms with E-state index in [2.05, 4.69) is 16.0 Å². The lowest BCUT2D eigenvalue weighted by Crippen LogP contribution is -2.41. The molecule has 0 aromatic rings. The van der Waals surface area contributed by atoms with E-state index in [-0.39, 0.29) is 43.3 Å². The van der Waals surface area contributed by atoms with E-state index in [9.17, 15) is 14.4 Å². The Morgan fingerprint density at radius 2 is 1.11 bits per heavy atom. The van der Waals surface area contributed by atoms with Gasteiger partial charge in [0.25, 0.3) is 0 Å². The van der Waals surface area contributed by atoms with Gasteiger partial charge in [-0.3, -0.25) is 14.4 Å². The van der Waals surface area contributed by atoms with Crippen molar-refractivity contribution >= 4 is 17.9 Å². The van der Waals surface area contributed by atoms with Gasteiger partial charge in [-0.25, -0.2) is 0 Å². The molecular weight excluding hydrogens is 354 g/mol. The second-order valence-electron chi connectivity index (χ2n) is 7.27. The lowest BCUT2D eigenvalue weighted by atomic mass is 10.2. The van der Waals surface area contributed by atoms with Crippen molar-refractivity contribution in [3.05, 3.63) is 0 Å². The molecule has 0 radical (unpaired) electrons. The van der Waals surface area contributed by atoms with Gasteiger partial charge in [0.2, 0.25) is 0 Å². The van der Waals surface area contributed by atoms with Gasteiger partial charge in [0, 0.05) is 0 Å². The lowest BCUT2D eigenvalue weighted by Gasteiger charge is -2.21. The molecule has 0 aromatic heterocycles. The minimum atomic E-state index is -0.810. The van der Waals surface area contributed by atoms with Crippen LogP contribution >= 0.6 is 0 Å². The van der Waals surface area contributed by atoms with E-state index < -0.39 is 12.1 Å². The summed E-state index contributed by atoms with van der Waals surface area (Å²) < 4.78 is 16.1. The maximum Gasteiger partial charge on any atom is 0.323 e. The molecule has 3 atom stereocenters. The van der Waals surface area contributed by atoms with Crippen LogP contribution in [0.1, 0.15) is 38.5 Å². The lowest BCUT2D eigenvalue weighted by molar-refractivity contribution is -0.169. The van der Waals surface area contributed by atoms with Crippen molar-refractivity contribution in [2.45, 2.75) is 62.8 Å². The average molecular weight is 383 g/mol. The summed E-state index contributed by atoms with van der Waals surface area (Å²) >= 11 is 0. The van der Waals surface area contributed by atoms with Gasteiger partial charge in [-0.05, 0) is 58.2 Å². The largest absolute Gasteiger partial charge is 0.460 e. The maximum absolute atomic E-state index is 12.3. The highest BCUT2D eigenvalue weighted by Crippen LogP contribution is 2.12. The maximum atomic E-state index is 12.3. The van der Waals surface area contributed by atoms with Gasteiger partial charge in [0.05, 0.1) is 0 Å². The number of hydrogen-bond acceptors (Lipinski definition) is 9. The molecular formula is C18H29N3O6. The van der Waals surface area contributed by atoms with Crippen LogP contribution < -0.4 is 16.0 Å². The van der Waals surface area contributed by atoms with E-state index in [4.69, 9.17) is 14.2 Å². The van der Waals surface area contributed by atoms with Crippen LogP contribution in [0.2, 0.25) is 0 Å². The second-order valence-corrected chi connectivity index (χ2v) is 7.27. The molecule has 3 fully saturated rings. The molecule has 0 aromatic carbocycles. The fourth-order valence-electron chi connectivity index (χ4n) is 3.57. The highest BCUT2D eigenvalue weighted by Gasteiger charge is 2.30. The molecule has 0 amide bonds.